The number of carbonyl (C=O) groups is 2. The molecule has 0 radical (unpaired) electrons. The number of hydroxylamine groups is 1. The van der Waals surface area contributed by atoms with Crippen molar-refractivity contribution in [1.29, 1.82) is 0 Å². The summed E-state index contributed by atoms with van der Waals surface area (Å²) >= 11 is 0. The molecule has 2 amide bonds. The Morgan fingerprint density at radius 2 is 1.94 bits per heavy atom. The van der Waals surface area contributed by atoms with Crippen LogP contribution in [0.4, 0.5) is 0 Å². The van der Waals surface area contributed by atoms with Gasteiger partial charge in [0.15, 0.2) is 0 Å². The Kier molecular flexibility index (Phi) is 4.58. The zero-order valence-corrected chi connectivity index (χ0v) is 11.0. The predicted octanol–water partition coefficient (Wildman–Crippen LogP) is 1.24. The second-order valence-electron chi connectivity index (χ2n) is 5.26. The number of nitrogens with one attached hydrogen (secondary N) is 1. The first-order valence-electron chi connectivity index (χ1n) is 6.84. The van der Waals surface area contributed by atoms with Crippen LogP contribution in [0.2, 0.25) is 0 Å². The molecule has 2 aliphatic rings. The fraction of sp³-hybridized carbons (Fsp3) is 0.846. The van der Waals surface area contributed by atoms with Gasteiger partial charge < -0.3 is 4.90 Å². The van der Waals surface area contributed by atoms with E-state index in [1.807, 2.05) is 4.90 Å². The van der Waals surface area contributed by atoms with Crippen molar-refractivity contribution in [2.24, 2.45) is 5.92 Å². The highest BCUT2D eigenvalue weighted by atomic mass is 16.6. The minimum Gasteiger partial charge on any atom is -0.339 e. The van der Waals surface area contributed by atoms with Crippen LogP contribution in [0.25, 0.3) is 0 Å². The van der Waals surface area contributed by atoms with Crippen molar-refractivity contribution in [3.05, 3.63) is 0 Å². The monoisotopic (exact) mass is 254 g/mol. The molecular weight excluding hydrogens is 232 g/mol. The molecule has 0 bridgehead atoms. The molecule has 1 heterocycles. The van der Waals surface area contributed by atoms with Crippen molar-refractivity contribution in [1.82, 2.24) is 10.4 Å². The fourth-order valence-corrected chi connectivity index (χ4v) is 3.01. The molecule has 0 aromatic rings. The number of nitrogens with zero attached hydrogens (tertiary/aromatic N) is 1. The number of carbonyl (C=O) groups excluding carboxylic acids is 2. The number of rotatable bonds is 3. The van der Waals surface area contributed by atoms with Crippen LogP contribution in [0.1, 0.15) is 44.9 Å². The summed E-state index contributed by atoms with van der Waals surface area (Å²) in [5.41, 5.74) is 2.33. The summed E-state index contributed by atoms with van der Waals surface area (Å²) in [4.78, 5) is 30.2. The second-order valence-corrected chi connectivity index (χ2v) is 5.26. The molecule has 5 heteroatoms. The van der Waals surface area contributed by atoms with Crippen LogP contribution in [0.5, 0.6) is 0 Å². The lowest BCUT2D eigenvalue weighted by Gasteiger charge is -2.27. The Morgan fingerprint density at radius 1 is 1.28 bits per heavy atom. The van der Waals surface area contributed by atoms with Crippen LogP contribution in [0, 0.1) is 5.92 Å². The van der Waals surface area contributed by atoms with E-state index in [0.29, 0.717) is 19.0 Å². The second kappa shape index (κ2) is 6.18. The molecule has 18 heavy (non-hydrogen) atoms. The van der Waals surface area contributed by atoms with Crippen molar-refractivity contribution >= 4 is 11.8 Å². The molecule has 0 aromatic heterocycles. The maximum atomic E-state index is 12.0. The zero-order valence-electron chi connectivity index (χ0n) is 11.0. The predicted molar refractivity (Wildman–Crippen MR) is 66.5 cm³/mol. The highest BCUT2D eigenvalue weighted by Crippen LogP contribution is 2.28. The SMILES string of the molecule is CONC(=O)C1CC(=O)N(C2CCCCCC2)C1. The Bertz CT molecular complexity index is 311. The van der Waals surface area contributed by atoms with Gasteiger partial charge >= 0.3 is 0 Å². The van der Waals surface area contributed by atoms with E-state index < -0.39 is 0 Å². The van der Waals surface area contributed by atoms with Gasteiger partial charge in [-0.15, -0.1) is 0 Å². The summed E-state index contributed by atoms with van der Waals surface area (Å²) in [6.45, 7) is 0.554. The average Bonchev–Trinajstić information content (AvgIpc) is 2.58. The van der Waals surface area contributed by atoms with E-state index >= 15 is 0 Å². The maximum absolute atomic E-state index is 12.0. The summed E-state index contributed by atoms with van der Waals surface area (Å²) < 4.78 is 0. The Morgan fingerprint density at radius 3 is 2.56 bits per heavy atom. The van der Waals surface area contributed by atoms with Crippen molar-refractivity contribution in [3.8, 4) is 0 Å². The fourth-order valence-electron chi connectivity index (χ4n) is 3.01. The molecule has 1 saturated carbocycles. The molecule has 1 atom stereocenters. The molecule has 1 aliphatic heterocycles. The van der Waals surface area contributed by atoms with E-state index in [1.54, 1.807) is 0 Å². The molecule has 1 saturated heterocycles. The third-order valence-electron chi connectivity index (χ3n) is 4.00. The minimum absolute atomic E-state index is 0.123. The van der Waals surface area contributed by atoms with Crippen LogP contribution in [-0.4, -0.2) is 36.4 Å². The van der Waals surface area contributed by atoms with Crippen LogP contribution < -0.4 is 5.48 Å². The van der Waals surface area contributed by atoms with Crippen molar-refractivity contribution < 1.29 is 14.4 Å². The quantitative estimate of drug-likeness (QED) is 0.609. The van der Waals surface area contributed by atoms with Crippen LogP contribution >= 0.6 is 0 Å². The van der Waals surface area contributed by atoms with Gasteiger partial charge in [0.2, 0.25) is 11.8 Å². The maximum Gasteiger partial charge on any atom is 0.248 e. The van der Waals surface area contributed by atoms with E-state index in [9.17, 15) is 9.59 Å². The number of likely N-dealkylation sites (tertiary alicyclic amines) is 1. The van der Waals surface area contributed by atoms with E-state index in [4.69, 9.17) is 0 Å². The lowest BCUT2D eigenvalue weighted by Crippen LogP contribution is -2.38. The minimum atomic E-state index is -0.249. The van der Waals surface area contributed by atoms with Gasteiger partial charge in [0.05, 0.1) is 13.0 Å². The molecule has 1 N–H and O–H groups in total. The van der Waals surface area contributed by atoms with E-state index in [1.165, 1.54) is 32.8 Å². The van der Waals surface area contributed by atoms with Crippen molar-refractivity contribution in [2.45, 2.75) is 51.0 Å². The van der Waals surface area contributed by atoms with Crippen molar-refractivity contribution in [2.75, 3.05) is 13.7 Å². The topological polar surface area (TPSA) is 58.6 Å². The average molecular weight is 254 g/mol. The van der Waals surface area contributed by atoms with Gasteiger partial charge in [0.1, 0.15) is 0 Å². The standard InChI is InChI=1S/C13H22N2O3/c1-18-14-13(17)10-8-12(16)15(9-10)11-6-4-2-3-5-7-11/h10-11H,2-9H2,1H3,(H,14,17). The Labute approximate surface area is 108 Å². The van der Waals surface area contributed by atoms with Gasteiger partial charge in [-0.25, -0.2) is 5.48 Å². The summed E-state index contributed by atoms with van der Waals surface area (Å²) in [6.07, 6.45) is 7.44. The summed E-state index contributed by atoms with van der Waals surface area (Å²) in [5, 5.41) is 0. The van der Waals surface area contributed by atoms with E-state index in [0.717, 1.165) is 12.8 Å². The number of hydrogen-bond donors (Lipinski definition) is 1. The first kappa shape index (κ1) is 13.3. The lowest BCUT2D eigenvalue weighted by atomic mass is 10.1. The van der Waals surface area contributed by atoms with Crippen molar-refractivity contribution in [3.63, 3.8) is 0 Å². The molecule has 1 aliphatic carbocycles. The summed E-state index contributed by atoms with van der Waals surface area (Å²) in [5.74, 6) is -0.305. The van der Waals surface area contributed by atoms with E-state index in [2.05, 4.69) is 10.3 Å². The molecule has 0 aromatic carbocycles. The smallest absolute Gasteiger partial charge is 0.248 e. The molecule has 2 rings (SSSR count). The van der Waals surface area contributed by atoms with Gasteiger partial charge in [-0.2, -0.15) is 0 Å². The zero-order chi connectivity index (χ0) is 13.0. The highest BCUT2D eigenvalue weighted by molar-refractivity contribution is 5.88. The lowest BCUT2D eigenvalue weighted by molar-refractivity contribution is -0.135. The van der Waals surface area contributed by atoms with Gasteiger partial charge in [-0.05, 0) is 12.8 Å². The first-order chi connectivity index (χ1) is 8.72. The van der Waals surface area contributed by atoms with Gasteiger partial charge in [0.25, 0.3) is 0 Å². The molecular formula is C13H22N2O3. The number of amides is 2. The van der Waals surface area contributed by atoms with E-state index in [-0.39, 0.29) is 17.7 Å². The molecule has 102 valence electrons. The molecule has 1 unspecified atom stereocenters. The van der Waals surface area contributed by atoms with Gasteiger partial charge in [-0.1, -0.05) is 25.7 Å². The van der Waals surface area contributed by atoms with Crippen LogP contribution in [0.15, 0.2) is 0 Å². The summed E-state index contributed by atoms with van der Waals surface area (Å²) in [6, 6.07) is 0.348. The normalized spacial score (nSPS) is 26.2. The third kappa shape index (κ3) is 3.02. The molecule has 5 nitrogen and oxygen atoms in total. The summed E-state index contributed by atoms with van der Waals surface area (Å²) in [7, 11) is 1.41. The Balaban J connectivity index is 1.93. The largest absolute Gasteiger partial charge is 0.339 e. The highest BCUT2D eigenvalue weighted by Gasteiger charge is 2.37. The first-order valence-corrected chi connectivity index (χ1v) is 6.84. The van der Waals surface area contributed by atoms with Gasteiger partial charge in [0, 0.05) is 19.0 Å². The van der Waals surface area contributed by atoms with Crippen LogP contribution in [-0.2, 0) is 14.4 Å². The third-order valence-corrected chi connectivity index (χ3v) is 4.00. The van der Waals surface area contributed by atoms with Crippen LogP contribution in [0.3, 0.4) is 0 Å². The molecule has 0 spiro atoms. The van der Waals surface area contributed by atoms with Gasteiger partial charge in [-0.3, -0.25) is 14.4 Å². The Hall–Kier alpha value is -1.10. The molecule has 2 fully saturated rings. The number of hydrogen-bond acceptors (Lipinski definition) is 3.